The molecule has 1 fully saturated rings. The van der Waals surface area contributed by atoms with Crippen LogP contribution in [0.5, 0.6) is 5.75 Å². The summed E-state index contributed by atoms with van der Waals surface area (Å²) in [4.78, 5) is 30.7. The number of carbonyl (C=O) groups excluding carboxylic acids is 2. The number of piperazine rings is 1. The topological polar surface area (TPSA) is 67.7 Å². The highest BCUT2D eigenvalue weighted by Crippen LogP contribution is 2.32. The third kappa shape index (κ3) is 4.83. The molecule has 0 unspecified atom stereocenters. The molecule has 8 heteroatoms. The molecule has 1 aliphatic heterocycles. The van der Waals surface area contributed by atoms with Crippen LogP contribution in [0.25, 0.3) is 11.3 Å². The number of amides is 2. The lowest BCUT2D eigenvalue weighted by atomic mass is 10.1. The smallest absolute Gasteiger partial charge is 0.264 e. The van der Waals surface area contributed by atoms with Crippen molar-refractivity contribution in [1.82, 2.24) is 19.6 Å². The largest absolute Gasteiger partial charge is 0.496 e. The van der Waals surface area contributed by atoms with E-state index in [1.807, 2.05) is 83.2 Å². The maximum absolute atomic E-state index is 13.7. The van der Waals surface area contributed by atoms with E-state index in [4.69, 9.17) is 9.84 Å². The van der Waals surface area contributed by atoms with Crippen LogP contribution in [-0.2, 0) is 6.54 Å². The Morgan fingerprint density at radius 2 is 1.57 bits per heavy atom. The summed E-state index contributed by atoms with van der Waals surface area (Å²) in [6, 6.07) is 21.3. The SMILES string of the molecule is COc1ccccc1-c1nn(Cc2ccccc2)cc1C(=O)N1CCN(C(=O)c2cccs2)CC1. The van der Waals surface area contributed by atoms with Gasteiger partial charge in [-0.15, -0.1) is 11.3 Å². The molecule has 178 valence electrons. The number of ether oxygens (including phenoxy) is 1. The predicted octanol–water partition coefficient (Wildman–Crippen LogP) is 4.27. The molecule has 4 aromatic rings. The van der Waals surface area contributed by atoms with Crippen LogP contribution in [0.2, 0.25) is 0 Å². The summed E-state index contributed by atoms with van der Waals surface area (Å²) in [7, 11) is 1.62. The van der Waals surface area contributed by atoms with Crippen molar-refractivity contribution in [2.75, 3.05) is 33.3 Å². The zero-order valence-corrected chi connectivity index (χ0v) is 20.3. The molecule has 0 bridgehead atoms. The van der Waals surface area contributed by atoms with Crippen molar-refractivity contribution < 1.29 is 14.3 Å². The number of thiophene rings is 1. The minimum Gasteiger partial charge on any atom is -0.496 e. The van der Waals surface area contributed by atoms with Gasteiger partial charge in [0.25, 0.3) is 11.8 Å². The van der Waals surface area contributed by atoms with Gasteiger partial charge in [-0.1, -0.05) is 48.5 Å². The van der Waals surface area contributed by atoms with E-state index in [2.05, 4.69) is 0 Å². The van der Waals surface area contributed by atoms with E-state index in [1.165, 1.54) is 11.3 Å². The van der Waals surface area contributed by atoms with Gasteiger partial charge >= 0.3 is 0 Å². The van der Waals surface area contributed by atoms with Crippen molar-refractivity contribution in [1.29, 1.82) is 0 Å². The van der Waals surface area contributed by atoms with E-state index in [0.717, 1.165) is 16.0 Å². The molecule has 0 radical (unpaired) electrons. The van der Waals surface area contributed by atoms with E-state index >= 15 is 0 Å². The Kier molecular flexibility index (Phi) is 6.63. The molecule has 35 heavy (non-hydrogen) atoms. The van der Waals surface area contributed by atoms with Crippen molar-refractivity contribution >= 4 is 23.2 Å². The molecule has 5 rings (SSSR count). The first-order valence-corrected chi connectivity index (χ1v) is 12.4. The summed E-state index contributed by atoms with van der Waals surface area (Å²) in [5, 5.41) is 6.71. The number of benzene rings is 2. The summed E-state index contributed by atoms with van der Waals surface area (Å²) in [5.74, 6) is 0.601. The lowest BCUT2D eigenvalue weighted by Gasteiger charge is -2.34. The van der Waals surface area contributed by atoms with Crippen LogP contribution in [-0.4, -0.2) is 64.7 Å². The highest BCUT2D eigenvalue weighted by Gasteiger charge is 2.29. The van der Waals surface area contributed by atoms with E-state index in [0.29, 0.717) is 49.7 Å². The van der Waals surface area contributed by atoms with Crippen LogP contribution in [0.4, 0.5) is 0 Å². The van der Waals surface area contributed by atoms with Crippen molar-refractivity contribution in [3.63, 3.8) is 0 Å². The van der Waals surface area contributed by atoms with Gasteiger partial charge < -0.3 is 14.5 Å². The highest BCUT2D eigenvalue weighted by atomic mass is 32.1. The van der Waals surface area contributed by atoms with Crippen LogP contribution in [0.1, 0.15) is 25.6 Å². The van der Waals surface area contributed by atoms with Crippen LogP contribution < -0.4 is 4.74 Å². The number of carbonyl (C=O) groups is 2. The third-order valence-electron chi connectivity index (χ3n) is 6.13. The number of para-hydroxylation sites is 1. The Morgan fingerprint density at radius 3 is 2.26 bits per heavy atom. The molecule has 0 N–H and O–H groups in total. The third-order valence-corrected chi connectivity index (χ3v) is 6.99. The first kappa shape index (κ1) is 22.9. The van der Waals surface area contributed by atoms with Crippen LogP contribution >= 0.6 is 11.3 Å². The zero-order chi connectivity index (χ0) is 24.2. The standard InChI is InChI=1S/C27H26N4O3S/c1-34-23-11-6-5-10-21(23)25-22(19-31(28-25)18-20-8-3-2-4-9-20)26(32)29-13-15-30(16-14-29)27(33)24-12-7-17-35-24/h2-12,17,19H,13-16,18H2,1H3. The fourth-order valence-electron chi connectivity index (χ4n) is 4.31. The summed E-state index contributed by atoms with van der Waals surface area (Å²) in [6.45, 7) is 2.52. The van der Waals surface area contributed by atoms with Gasteiger partial charge in [0.2, 0.25) is 0 Å². The van der Waals surface area contributed by atoms with E-state index < -0.39 is 0 Å². The number of hydrogen-bond acceptors (Lipinski definition) is 5. The molecule has 1 saturated heterocycles. The Balaban J connectivity index is 1.40. The van der Waals surface area contributed by atoms with Gasteiger partial charge in [0, 0.05) is 37.9 Å². The number of hydrogen-bond donors (Lipinski definition) is 0. The van der Waals surface area contributed by atoms with Crippen molar-refractivity contribution in [2.45, 2.75) is 6.54 Å². The summed E-state index contributed by atoms with van der Waals surface area (Å²) >= 11 is 1.44. The Hall–Kier alpha value is -3.91. The Labute approximate surface area is 208 Å². The average Bonchev–Trinajstić information content (AvgIpc) is 3.59. The van der Waals surface area contributed by atoms with Crippen molar-refractivity contribution in [2.24, 2.45) is 0 Å². The van der Waals surface area contributed by atoms with Crippen molar-refractivity contribution in [3.8, 4) is 17.0 Å². The van der Waals surface area contributed by atoms with E-state index in [9.17, 15) is 9.59 Å². The molecule has 2 aromatic carbocycles. The summed E-state index contributed by atoms with van der Waals surface area (Å²) in [5.41, 5.74) is 3.00. The maximum atomic E-state index is 13.7. The fraction of sp³-hybridized carbons (Fsp3) is 0.222. The normalized spacial score (nSPS) is 13.6. The first-order chi connectivity index (χ1) is 17.1. The number of aromatic nitrogens is 2. The highest BCUT2D eigenvalue weighted by molar-refractivity contribution is 7.12. The quantitative estimate of drug-likeness (QED) is 0.408. The molecule has 1 aliphatic rings. The van der Waals surface area contributed by atoms with Gasteiger partial charge in [-0.3, -0.25) is 14.3 Å². The van der Waals surface area contributed by atoms with E-state index in [-0.39, 0.29) is 11.8 Å². The molecular weight excluding hydrogens is 460 g/mol. The maximum Gasteiger partial charge on any atom is 0.264 e. The molecule has 3 heterocycles. The molecule has 0 aliphatic carbocycles. The second-order valence-corrected chi connectivity index (χ2v) is 9.28. The average molecular weight is 487 g/mol. The van der Waals surface area contributed by atoms with Gasteiger partial charge in [-0.2, -0.15) is 5.10 Å². The fourth-order valence-corrected chi connectivity index (χ4v) is 5.00. The van der Waals surface area contributed by atoms with Gasteiger partial charge in [-0.05, 0) is 29.1 Å². The molecule has 0 atom stereocenters. The van der Waals surface area contributed by atoms with Crippen LogP contribution in [0.15, 0.2) is 78.3 Å². The molecule has 2 amide bonds. The molecular formula is C27H26N4O3S. The zero-order valence-electron chi connectivity index (χ0n) is 19.5. The molecule has 7 nitrogen and oxygen atoms in total. The predicted molar refractivity (Wildman–Crippen MR) is 136 cm³/mol. The second-order valence-electron chi connectivity index (χ2n) is 8.34. The second kappa shape index (κ2) is 10.1. The summed E-state index contributed by atoms with van der Waals surface area (Å²) < 4.78 is 7.37. The van der Waals surface area contributed by atoms with Gasteiger partial charge in [0.1, 0.15) is 11.4 Å². The lowest BCUT2D eigenvalue weighted by molar-refractivity contribution is 0.0538. The minimum atomic E-state index is -0.0894. The number of methoxy groups -OCH3 is 1. The van der Waals surface area contributed by atoms with Crippen LogP contribution in [0, 0.1) is 0 Å². The Bertz CT molecular complexity index is 1310. The van der Waals surface area contributed by atoms with Gasteiger partial charge in [0.15, 0.2) is 0 Å². The lowest BCUT2D eigenvalue weighted by Crippen LogP contribution is -2.50. The molecule has 2 aromatic heterocycles. The minimum absolute atomic E-state index is 0.0255. The van der Waals surface area contributed by atoms with E-state index in [1.54, 1.807) is 16.7 Å². The molecule has 0 saturated carbocycles. The Morgan fingerprint density at radius 1 is 0.886 bits per heavy atom. The van der Waals surface area contributed by atoms with Gasteiger partial charge in [0.05, 0.1) is 24.1 Å². The summed E-state index contributed by atoms with van der Waals surface area (Å²) in [6.07, 6.45) is 1.82. The first-order valence-electron chi connectivity index (χ1n) is 11.5. The number of nitrogens with zero attached hydrogens (tertiary/aromatic N) is 4. The monoisotopic (exact) mass is 486 g/mol. The number of rotatable bonds is 6. The molecule has 0 spiro atoms. The van der Waals surface area contributed by atoms with Crippen molar-refractivity contribution in [3.05, 3.63) is 94.3 Å². The van der Waals surface area contributed by atoms with Crippen LogP contribution in [0.3, 0.4) is 0 Å². The van der Waals surface area contributed by atoms with Gasteiger partial charge in [-0.25, -0.2) is 0 Å².